The minimum atomic E-state index is 0.466. The van der Waals surface area contributed by atoms with E-state index >= 15 is 0 Å². The van der Waals surface area contributed by atoms with Crippen LogP contribution in [0.4, 0.5) is 0 Å². The highest BCUT2D eigenvalue weighted by molar-refractivity contribution is 9.10. The lowest BCUT2D eigenvalue weighted by Crippen LogP contribution is -2.22. The first-order valence-electron chi connectivity index (χ1n) is 5.74. The summed E-state index contributed by atoms with van der Waals surface area (Å²) in [4.78, 5) is 5.29. The molecule has 0 radical (unpaired) electrons. The van der Waals surface area contributed by atoms with Crippen molar-refractivity contribution in [2.45, 2.75) is 36.6 Å². The summed E-state index contributed by atoms with van der Waals surface area (Å²) in [5, 5.41) is 4.09. The third-order valence-electron chi connectivity index (χ3n) is 2.34. The average molecular weight is 327 g/mol. The molecule has 5 heteroatoms. The van der Waals surface area contributed by atoms with Crippen LogP contribution in [0, 0.1) is 0 Å². The van der Waals surface area contributed by atoms with Gasteiger partial charge >= 0.3 is 0 Å². The predicted molar refractivity (Wildman–Crippen MR) is 76.7 cm³/mol. The van der Waals surface area contributed by atoms with Crippen molar-refractivity contribution in [1.29, 1.82) is 0 Å². The number of nitrogens with one attached hydrogen (secondary N) is 1. The second-order valence-corrected chi connectivity index (χ2v) is 6.10. The Morgan fingerprint density at radius 1 is 1.44 bits per heavy atom. The number of halogens is 1. The molecule has 1 heterocycles. The van der Waals surface area contributed by atoms with Crippen LogP contribution in [0.25, 0.3) is 0 Å². The molecule has 0 bridgehead atoms. The lowest BCUT2D eigenvalue weighted by molar-refractivity contribution is 0.454. The minimum Gasteiger partial charge on any atom is -0.440 e. The maximum Gasteiger partial charge on any atom is 0.260 e. The molecule has 1 aromatic heterocycles. The standard InChI is InChI=1S/C13H15BrN2OS/c1-9(2)16-8-10-3-4-11(14)7-12(10)18-13-15-5-6-17-13/h3-7,9,16H,8H2,1-2H3. The van der Waals surface area contributed by atoms with Gasteiger partial charge in [-0.05, 0) is 29.5 Å². The van der Waals surface area contributed by atoms with Gasteiger partial charge in [-0.25, -0.2) is 4.98 Å². The summed E-state index contributed by atoms with van der Waals surface area (Å²) < 4.78 is 6.33. The maximum atomic E-state index is 5.27. The Bertz CT molecular complexity index is 500. The quantitative estimate of drug-likeness (QED) is 0.898. The molecule has 2 rings (SSSR count). The highest BCUT2D eigenvalue weighted by atomic mass is 79.9. The Kier molecular flexibility index (Phi) is 4.86. The van der Waals surface area contributed by atoms with E-state index in [1.807, 2.05) is 0 Å². The third-order valence-corrected chi connectivity index (χ3v) is 3.81. The van der Waals surface area contributed by atoms with E-state index in [0.717, 1.165) is 15.9 Å². The summed E-state index contributed by atoms with van der Waals surface area (Å²) in [6.07, 6.45) is 3.25. The van der Waals surface area contributed by atoms with Crippen LogP contribution in [0.15, 0.2) is 49.7 Å². The normalized spacial score (nSPS) is 11.1. The SMILES string of the molecule is CC(C)NCc1ccc(Br)cc1Sc1ncco1. The monoisotopic (exact) mass is 326 g/mol. The van der Waals surface area contributed by atoms with E-state index in [1.54, 1.807) is 12.5 Å². The first-order chi connectivity index (χ1) is 8.65. The number of aromatic nitrogens is 1. The van der Waals surface area contributed by atoms with Crippen LogP contribution in [-0.2, 0) is 6.54 Å². The van der Waals surface area contributed by atoms with Crippen LogP contribution >= 0.6 is 27.7 Å². The Morgan fingerprint density at radius 3 is 2.94 bits per heavy atom. The van der Waals surface area contributed by atoms with Crippen molar-refractivity contribution >= 4 is 27.7 Å². The second kappa shape index (κ2) is 6.41. The fourth-order valence-corrected chi connectivity index (χ4v) is 2.81. The number of hydrogen-bond acceptors (Lipinski definition) is 4. The maximum absolute atomic E-state index is 5.27. The zero-order valence-corrected chi connectivity index (χ0v) is 12.7. The zero-order valence-electron chi connectivity index (χ0n) is 10.3. The van der Waals surface area contributed by atoms with Gasteiger partial charge in [-0.2, -0.15) is 0 Å². The van der Waals surface area contributed by atoms with Gasteiger partial charge in [0.1, 0.15) is 6.26 Å². The molecule has 0 amide bonds. The van der Waals surface area contributed by atoms with Crippen LogP contribution in [0.3, 0.4) is 0 Å². The summed E-state index contributed by atoms with van der Waals surface area (Å²) in [6, 6.07) is 6.72. The zero-order chi connectivity index (χ0) is 13.0. The van der Waals surface area contributed by atoms with Crippen LogP contribution in [0.2, 0.25) is 0 Å². The number of oxazole rings is 1. The summed E-state index contributed by atoms with van der Waals surface area (Å²) >= 11 is 5.03. The Labute approximate surface area is 120 Å². The van der Waals surface area contributed by atoms with Crippen molar-refractivity contribution in [3.8, 4) is 0 Å². The lowest BCUT2D eigenvalue weighted by Gasteiger charge is -2.11. The van der Waals surface area contributed by atoms with E-state index in [2.05, 4.69) is 58.3 Å². The van der Waals surface area contributed by atoms with Gasteiger partial charge in [0.2, 0.25) is 0 Å². The fourth-order valence-electron chi connectivity index (χ4n) is 1.44. The summed E-state index contributed by atoms with van der Waals surface area (Å²) in [5.41, 5.74) is 1.25. The number of rotatable bonds is 5. The first kappa shape index (κ1) is 13.6. The topological polar surface area (TPSA) is 38.1 Å². The molecule has 0 aliphatic heterocycles. The fraction of sp³-hybridized carbons (Fsp3) is 0.308. The van der Waals surface area contributed by atoms with Crippen molar-refractivity contribution in [2.75, 3.05) is 0 Å². The second-order valence-electron chi connectivity index (χ2n) is 4.19. The molecule has 1 aromatic carbocycles. The van der Waals surface area contributed by atoms with Crippen molar-refractivity contribution in [2.24, 2.45) is 0 Å². The molecule has 0 saturated carbocycles. The molecule has 3 nitrogen and oxygen atoms in total. The molecule has 0 saturated heterocycles. The van der Waals surface area contributed by atoms with Gasteiger partial charge in [-0.3, -0.25) is 0 Å². The van der Waals surface area contributed by atoms with E-state index in [4.69, 9.17) is 4.42 Å². The van der Waals surface area contributed by atoms with Gasteiger partial charge in [0.25, 0.3) is 5.22 Å². The third kappa shape index (κ3) is 3.86. The molecule has 0 unspecified atom stereocenters. The van der Waals surface area contributed by atoms with Crippen molar-refractivity contribution in [1.82, 2.24) is 10.3 Å². The molecular formula is C13H15BrN2OS. The van der Waals surface area contributed by atoms with E-state index < -0.39 is 0 Å². The van der Waals surface area contributed by atoms with Gasteiger partial charge in [-0.15, -0.1) is 0 Å². The van der Waals surface area contributed by atoms with E-state index in [-0.39, 0.29) is 0 Å². The van der Waals surface area contributed by atoms with E-state index in [1.165, 1.54) is 17.3 Å². The molecule has 0 aliphatic rings. The molecule has 96 valence electrons. The van der Waals surface area contributed by atoms with Crippen LogP contribution in [0.1, 0.15) is 19.4 Å². The molecule has 0 atom stereocenters. The van der Waals surface area contributed by atoms with Gasteiger partial charge in [0.15, 0.2) is 0 Å². The summed E-state index contributed by atoms with van der Waals surface area (Å²) in [5.74, 6) is 0. The Hall–Kier alpha value is -0.780. The molecule has 0 fully saturated rings. The average Bonchev–Trinajstić information content (AvgIpc) is 2.80. The molecular weight excluding hydrogens is 312 g/mol. The minimum absolute atomic E-state index is 0.466. The molecule has 0 aliphatic carbocycles. The van der Waals surface area contributed by atoms with E-state index in [0.29, 0.717) is 11.3 Å². The van der Waals surface area contributed by atoms with Gasteiger partial charge < -0.3 is 9.73 Å². The van der Waals surface area contributed by atoms with Crippen LogP contribution in [-0.4, -0.2) is 11.0 Å². The molecule has 2 aromatic rings. The van der Waals surface area contributed by atoms with Crippen LogP contribution < -0.4 is 5.32 Å². The smallest absolute Gasteiger partial charge is 0.260 e. The Balaban J connectivity index is 2.17. The highest BCUT2D eigenvalue weighted by Crippen LogP contribution is 2.31. The Morgan fingerprint density at radius 2 is 2.28 bits per heavy atom. The summed E-state index contributed by atoms with van der Waals surface area (Å²) in [6.45, 7) is 5.12. The van der Waals surface area contributed by atoms with Gasteiger partial charge in [-0.1, -0.05) is 35.8 Å². The van der Waals surface area contributed by atoms with Gasteiger partial charge in [0.05, 0.1) is 6.20 Å². The highest BCUT2D eigenvalue weighted by Gasteiger charge is 2.08. The number of benzene rings is 1. The van der Waals surface area contributed by atoms with E-state index in [9.17, 15) is 0 Å². The van der Waals surface area contributed by atoms with Crippen molar-refractivity contribution in [3.05, 3.63) is 40.7 Å². The first-order valence-corrected chi connectivity index (χ1v) is 7.35. The number of nitrogens with zero attached hydrogens (tertiary/aromatic N) is 1. The molecule has 1 N–H and O–H groups in total. The summed E-state index contributed by atoms with van der Waals surface area (Å²) in [7, 11) is 0. The molecule has 18 heavy (non-hydrogen) atoms. The lowest BCUT2D eigenvalue weighted by atomic mass is 10.2. The predicted octanol–water partition coefficient (Wildman–Crippen LogP) is 4.09. The van der Waals surface area contributed by atoms with Crippen LogP contribution in [0.5, 0.6) is 0 Å². The number of hydrogen-bond donors (Lipinski definition) is 1. The largest absolute Gasteiger partial charge is 0.440 e. The van der Waals surface area contributed by atoms with Crippen molar-refractivity contribution < 1.29 is 4.42 Å². The van der Waals surface area contributed by atoms with Crippen molar-refractivity contribution in [3.63, 3.8) is 0 Å². The van der Waals surface area contributed by atoms with Gasteiger partial charge in [0, 0.05) is 22.0 Å². The molecule has 0 spiro atoms.